The number of halogens is 1. The van der Waals surface area contributed by atoms with Gasteiger partial charge in [0, 0.05) is 25.4 Å². The zero-order valence-corrected chi connectivity index (χ0v) is 16.1. The number of anilines is 1. The molecule has 0 radical (unpaired) electrons. The number of nitrogens with two attached hydrogens (primary N) is 1. The Hall–Kier alpha value is -3.22. The van der Waals surface area contributed by atoms with Gasteiger partial charge in [-0.25, -0.2) is 4.39 Å². The second kappa shape index (κ2) is 9.32. The highest BCUT2D eigenvalue weighted by atomic mass is 19.1. The number of nitrogens with zero attached hydrogens (tertiary/aromatic N) is 1. The van der Waals surface area contributed by atoms with Crippen LogP contribution in [0.2, 0.25) is 0 Å². The van der Waals surface area contributed by atoms with Gasteiger partial charge in [0.25, 0.3) is 5.91 Å². The van der Waals surface area contributed by atoms with Crippen LogP contribution >= 0.6 is 0 Å². The molecule has 2 aromatic carbocycles. The van der Waals surface area contributed by atoms with Gasteiger partial charge in [-0.05, 0) is 43.0 Å². The fraction of sp³-hybridized carbons (Fsp3) is 0.318. The van der Waals surface area contributed by atoms with E-state index in [2.05, 4.69) is 5.32 Å². The standard InChI is InChI=1S/C22H24FN3O3/c23-18-7-3-1-5-15(18)9-10-20(27)25-19-8-4-2-6-17(19)22(29)26-13-11-16(12-14-26)21(24)28/h1-8,16H,9-14H2,(H2,24,28)(H,25,27). The van der Waals surface area contributed by atoms with Crippen LogP contribution in [0.1, 0.15) is 35.2 Å². The summed E-state index contributed by atoms with van der Waals surface area (Å²) in [4.78, 5) is 38.2. The minimum atomic E-state index is -0.338. The molecule has 1 fully saturated rings. The Bertz CT molecular complexity index is 908. The molecule has 1 aliphatic rings. The Kier molecular flexibility index (Phi) is 6.59. The summed E-state index contributed by atoms with van der Waals surface area (Å²) in [6.07, 6.45) is 1.46. The molecule has 152 valence electrons. The summed E-state index contributed by atoms with van der Waals surface area (Å²) in [5.41, 5.74) is 6.64. The molecule has 0 unspecified atom stereocenters. The number of amides is 3. The van der Waals surface area contributed by atoms with Gasteiger partial charge in [-0.2, -0.15) is 0 Å². The van der Waals surface area contributed by atoms with E-state index in [0.29, 0.717) is 42.7 Å². The fourth-order valence-corrected chi connectivity index (χ4v) is 3.48. The Morgan fingerprint density at radius 1 is 1.03 bits per heavy atom. The summed E-state index contributed by atoms with van der Waals surface area (Å²) in [6, 6.07) is 13.2. The first-order valence-corrected chi connectivity index (χ1v) is 9.66. The largest absolute Gasteiger partial charge is 0.369 e. The van der Waals surface area contributed by atoms with Crippen molar-refractivity contribution < 1.29 is 18.8 Å². The Labute approximate surface area is 168 Å². The van der Waals surface area contributed by atoms with Crippen LogP contribution in [0.15, 0.2) is 48.5 Å². The van der Waals surface area contributed by atoms with E-state index in [0.717, 1.165) is 0 Å². The highest BCUT2D eigenvalue weighted by Crippen LogP contribution is 2.22. The molecule has 1 aliphatic heterocycles. The lowest BCUT2D eigenvalue weighted by atomic mass is 9.95. The van der Waals surface area contributed by atoms with Crippen molar-refractivity contribution >= 4 is 23.4 Å². The van der Waals surface area contributed by atoms with Crippen LogP contribution < -0.4 is 11.1 Å². The third-order valence-electron chi connectivity index (χ3n) is 5.20. The normalized spacial score (nSPS) is 14.4. The third-order valence-corrected chi connectivity index (χ3v) is 5.20. The van der Waals surface area contributed by atoms with Crippen molar-refractivity contribution in [3.05, 3.63) is 65.5 Å². The van der Waals surface area contributed by atoms with Gasteiger partial charge in [-0.1, -0.05) is 30.3 Å². The fourth-order valence-electron chi connectivity index (χ4n) is 3.48. The molecule has 3 amide bonds. The summed E-state index contributed by atoms with van der Waals surface area (Å²) in [7, 11) is 0. The maximum Gasteiger partial charge on any atom is 0.255 e. The number of carbonyl (C=O) groups excluding carboxylic acids is 3. The monoisotopic (exact) mass is 397 g/mol. The van der Waals surface area contributed by atoms with Gasteiger partial charge in [0.05, 0.1) is 11.3 Å². The highest BCUT2D eigenvalue weighted by molar-refractivity contribution is 6.03. The van der Waals surface area contributed by atoms with E-state index in [1.54, 1.807) is 47.4 Å². The van der Waals surface area contributed by atoms with Crippen LogP contribution in [-0.4, -0.2) is 35.7 Å². The molecule has 0 bridgehead atoms. The van der Waals surface area contributed by atoms with Gasteiger partial charge in [-0.15, -0.1) is 0 Å². The molecule has 0 aliphatic carbocycles. The topological polar surface area (TPSA) is 92.5 Å². The van der Waals surface area contributed by atoms with Gasteiger partial charge in [0.1, 0.15) is 5.82 Å². The predicted molar refractivity (Wildman–Crippen MR) is 108 cm³/mol. The first-order valence-electron chi connectivity index (χ1n) is 9.66. The second-order valence-electron chi connectivity index (χ2n) is 7.15. The Balaban J connectivity index is 1.63. The maximum atomic E-state index is 13.7. The molecular formula is C22H24FN3O3. The summed E-state index contributed by atoms with van der Waals surface area (Å²) in [6.45, 7) is 0.893. The van der Waals surface area contributed by atoms with Crippen LogP contribution in [-0.2, 0) is 16.0 Å². The zero-order chi connectivity index (χ0) is 20.8. The van der Waals surface area contributed by atoms with Crippen LogP contribution in [0.5, 0.6) is 0 Å². The lowest BCUT2D eigenvalue weighted by molar-refractivity contribution is -0.123. The van der Waals surface area contributed by atoms with Crippen molar-refractivity contribution in [3.63, 3.8) is 0 Å². The third kappa shape index (κ3) is 5.19. The molecule has 3 N–H and O–H groups in total. The van der Waals surface area contributed by atoms with Crippen molar-refractivity contribution in [2.75, 3.05) is 18.4 Å². The summed E-state index contributed by atoms with van der Waals surface area (Å²) >= 11 is 0. The average Bonchev–Trinajstić information content (AvgIpc) is 2.73. The minimum absolute atomic E-state index is 0.105. The molecule has 0 saturated carbocycles. The molecular weight excluding hydrogens is 373 g/mol. The number of carbonyl (C=O) groups is 3. The number of hydrogen-bond acceptors (Lipinski definition) is 3. The minimum Gasteiger partial charge on any atom is -0.369 e. The highest BCUT2D eigenvalue weighted by Gasteiger charge is 2.27. The molecule has 2 aromatic rings. The van der Waals surface area contributed by atoms with Crippen molar-refractivity contribution in [1.29, 1.82) is 0 Å². The summed E-state index contributed by atoms with van der Waals surface area (Å²) in [5, 5.41) is 2.76. The number of hydrogen-bond donors (Lipinski definition) is 2. The van der Waals surface area contributed by atoms with Crippen LogP contribution in [0.25, 0.3) is 0 Å². The number of likely N-dealkylation sites (tertiary alicyclic amines) is 1. The van der Waals surface area contributed by atoms with Crippen molar-refractivity contribution in [1.82, 2.24) is 4.90 Å². The van der Waals surface area contributed by atoms with Crippen molar-refractivity contribution in [2.45, 2.75) is 25.7 Å². The smallest absolute Gasteiger partial charge is 0.255 e. The molecule has 1 saturated heterocycles. The lowest BCUT2D eigenvalue weighted by Crippen LogP contribution is -2.42. The van der Waals surface area contributed by atoms with Gasteiger partial charge in [0.15, 0.2) is 0 Å². The lowest BCUT2D eigenvalue weighted by Gasteiger charge is -2.31. The van der Waals surface area contributed by atoms with E-state index in [1.165, 1.54) is 6.07 Å². The second-order valence-corrected chi connectivity index (χ2v) is 7.15. The molecule has 29 heavy (non-hydrogen) atoms. The van der Waals surface area contributed by atoms with E-state index in [9.17, 15) is 18.8 Å². The number of piperidine rings is 1. The quantitative estimate of drug-likeness (QED) is 0.785. The van der Waals surface area contributed by atoms with E-state index in [-0.39, 0.29) is 42.3 Å². The number of nitrogens with one attached hydrogen (secondary N) is 1. The number of benzene rings is 2. The van der Waals surface area contributed by atoms with E-state index < -0.39 is 0 Å². The van der Waals surface area contributed by atoms with Crippen LogP contribution in [0, 0.1) is 11.7 Å². The molecule has 0 atom stereocenters. The molecule has 0 aromatic heterocycles. The number of aryl methyl sites for hydroxylation is 1. The Morgan fingerprint density at radius 3 is 2.38 bits per heavy atom. The van der Waals surface area contributed by atoms with Gasteiger partial charge < -0.3 is 16.0 Å². The molecule has 6 nitrogen and oxygen atoms in total. The molecule has 0 spiro atoms. The maximum absolute atomic E-state index is 13.7. The van der Waals surface area contributed by atoms with Gasteiger partial charge in [0.2, 0.25) is 11.8 Å². The van der Waals surface area contributed by atoms with E-state index in [1.807, 2.05) is 0 Å². The average molecular weight is 397 g/mol. The first kappa shape index (κ1) is 20.5. The summed E-state index contributed by atoms with van der Waals surface area (Å²) in [5.74, 6) is -1.36. The van der Waals surface area contributed by atoms with Crippen LogP contribution in [0.4, 0.5) is 10.1 Å². The van der Waals surface area contributed by atoms with E-state index >= 15 is 0 Å². The first-order chi connectivity index (χ1) is 14.0. The number of primary amides is 1. The Morgan fingerprint density at radius 2 is 1.69 bits per heavy atom. The molecule has 1 heterocycles. The van der Waals surface area contributed by atoms with Gasteiger partial charge >= 0.3 is 0 Å². The van der Waals surface area contributed by atoms with Crippen molar-refractivity contribution in [2.24, 2.45) is 11.7 Å². The SMILES string of the molecule is NC(=O)C1CCN(C(=O)c2ccccc2NC(=O)CCc2ccccc2F)CC1. The number of rotatable bonds is 6. The predicted octanol–water partition coefficient (Wildman–Crippen LogP) is 2.73. The van der Waals surface area contributed by atoms with E-state index in [4.69, 9.17) is 5.73 Å². The molecule has 7 heteroatoms. The summed E-state index contributed by atoms with van der Waals surface area (Å²) < 4.78 is 13.7. The zero-order valence-electron chi connectivity index (χ0n) is 16.1. The van der Waals surface area contributed by atoms with Crippen molar-refractivity contribution in [3.8, 4) is 0 Å². The van der Waals surface area contributed by atoms with Crippen LogP contribution in [0.3, 0.4) is 0 Å². The molecule has 3 rings (SSSR count). The number of para-hydroxylation sites is 1. The van der Waals surface area contributed by atoms with Gasteiger partial charge in [-0.3, -0.25) is 14.4 Å².